The molecule has 26 heavy (non-hydrogen) atoms. The second-order valence-corrected chi connectivity index (χ2v) is 6.28. The molecule has 0 saturated heterocycles. The van der Waals surface area contributed by atoms with Gasteiger partial charge in [0, 0.05) is 26.1 Å². The first kappa shape index (κ1) is 19.6. The van der Waals surface area contributed by atoms with Crippen molar-refractivity contribution < 1.29 is 19.2 Å². The van der Waals surface area contributed by atoms with Gasteiger partial charge in [-0.15, -0.1) is 0 Å². The van der Waals surface area contributed by atoms with E-state index in [9.17, 15) is 19.2 Å². The number of hydrogen-bond acceptors (Lipinski definition) is 4. The molecule has 0 aliphatic carbocycles. The van der Waals surface area contributed by atoms with Gasteiger partial charge in [0.05, 0.1) is 17.7 Å². The van der Waals surface area contributed by atoms with Crippen LogP contribution in [0.1, 0.15) is 53.0 Å². The molecule has 1 aliphatic rings. The Labute approximate surface area is 153 Å². The topological polar surface area (TPSA) is 86.8 Å². The molecule has 0 radical (unpaired) electrons. The van der Waals surface area contributed by atoms with Crippen molar-refractivity contribution in [3.05, 3.63) is 34.9 Å². The third kappa shape index (κ3) is 4.28. The van der Waals surface area contributed by atoms with E-state index < -0.39 is 0 Å². The summed E-state index contributed by atoms with van der Waals surface area (Å²) in [4.78, 5) is 51.3. The van der Waals surface area contributed by atoms with Crippen LogP contribution in [0, 0.1) is 6.92 Å². The molecular weight excluding hydrogens is 334 g/mol. The van der Waals surface area contributed by atoms with Crippen molar-refractivity contribution in [2.45, 2.75) is 33.6 Å². The Kier molecular flexibility index (Phi) is 6.49. The summed E-state index contributed by atoms with van der Waals surface area (Å²) in [5.74, 6) is -0.979. The number of nitrogens with zero attached hydrogens (tertiary/aromatic N) is 2. The van der Waals surface area contributed by atoms with Gasteiger partial charge in [-0.25, -0.2) is 0 Å². The number of amides is 4. The molecule has 0 atom stereocenters. The van der Waals surface area contributed by atoms with Gasteiger partial charge < -0.3 is 10.2 Å². The maximum Gasteiger partial charge on any atom is 0.261 e. The Morgan fingerprint density at radius 3 is 2.46 bits per heavy atom. The number of hydrogen-bond donors (Lipinski definition) is 1. The summed E-state index contributed by atoms with van der Waals surface area (Å²) < 4.78 is 0. The van der Waals surface area contributed by atoms with Crippen LogP contribution in [0.5, 0.6) is 0 Å². The van der Waals surface area contributed by atoms with Crippen molar-refractivity contribution in [1.82, 2.24) is 15.1 Å². The Hall–Kier alpha value is -2.70. The summed E-state index contributed by atoms with van der Waals surface area (Å²) in [7, 11) is 0. The molecule has 140 valence electrons. The third-order valence-corrected chi connectivity index (χ3v) is 4.34. The molecule has 0 spiro atoms. The maximum absolute atomic E-state index is 12.4. The van der Waals surface area contributed by atoms with Crippen molar-refractivity contribution in [1.29, 1.82) is 0 Å². The van der Waals surface area contributed by atoms with Crippen molar-refractivity contribution in [3.63, 3.8) is 0 Å². The average molecular weight is 359 g/mol. The minimum absolute atomic E-state index is 0.0233. The van der Waals surface area contributed by atoms with E-state index >= 15 is 0 Å². The van der Waals surface area contributed by atoms with E-state index in [2.05, 4.69) is 5.32 Å². The lowest BCUT2D eigenvalue weighted by Crippen LogP contribution is -2.40. The van der Waals surface area contributed by atoms with Gasteiger partial charge in [-0.1, -0.05) is 11.6 Å². The lowest BCUT2D eigenvalue weighted by Gasteiger charge is -2.21. The van der Waals surface area contributed by atoms with Crippen LogP contribution in [0.3, 0.4) is 0 Å². The van der Waals surface area contributed by atoms with E-state index in [1.807, 2.05) is 20.8 Å². The molecule has 0 bridgehead atoms. The standard InChI is InChI=1S/C19H25N3O4/c1-4-20-16(23)12-21(5-2)17(24)7-6-10-22-18(25)14-9-8-13(3)11-15(14)19(22)26/h8-9,11H,4-7,10,12H2,1-3H3,(H,20,23). The summed E-state index contributed by atoms with van der Waals surface area (Å²) in [6.45, 7) is 6.66. The van der Waals surface area contributed by atoms with Crippen LogP contribution in [-0.2, 0) is 9.59 Å². The summed E-state index contributed by atoms with van der Waals surface area (Å²) in [5, 5.41) is 2.66. The third-order valence-electron chi connectivity index (χ3n) is 4.34. The molecule has 1 aromatic carbocycles. The van der Waals surface area contributed by atoms with Gasteiger partial charge in [0.25, 0.3) is 11.8 Å². The number of carbonyl (C=O) groups excluding carboxylic acids is 4. The minimum Gasteiger partial charge on any atom is -0.355 e. The van der Waals surface area contributed by atoms with Crippen molar-refractivity contribution in [3.8, 4) is 0 Å². The Bertz CT molecular complexity index is 729. The number of nitrogens with one attached hydrogen (secondary N) is 1. The van der Waals surface area contributed by atoms with Gasteiger partial charge in [-0.05, 0) is 39.3 Å². The highest BCUT2D eigenvalue weighted by Crippen LogP contribution is 2.24. The molecule has 1 aromatic rings. The first-order valence-corrected chi connectivity index (χ1v) is 8.90. The molecule has 1 aliphatic heterocycles. The normalized spacial score (nSPS) is 13.0. The van der Waals surface area contributed by atoms with Crippen LogP contribution in [0.15, 0.2) is 18.2 Å². The molecule has 0 unspecified atom stereocenters. The molecule has 0 saturated carbocycles. The summed E-state index contributed by atoms with van der Waals surface area (Å²) >= 11 is 0. The second-order valence-electron chi connectivity index (χ2n) is 6.28. The molecule has 7 heteroatoms. The predicted octanol–water partition coefficient (Wildman–Crippen LogP) is 1.36. The molecule has 1 N–H and O–H groups in total. The monoisotopic (exact) mass is 359 g/mol. The zero-order valence-corrected chi connectivity index (χ0v) is 15.5. The second kappa shape index (κ2) is 8.60. The van der Waals surface area contributed by atoms with Crippen LogP contribution < -0.4 is 5.32 Å². The summed E-state index contributed by atoms with van der Waals surface area (Å²) in [6, 6.07) is 5.19. The fourth-order valence-corrected chi connectivity index (χ4v) is 2.96. The van der Waals surface area contributed by atoms with E-state index in [0.717, 1.165) is 5.56 Å². The number of likely N-dealkylation sites (N-methyl/N-ethyl adjacent to an activating group) is 2. The van der Waals surface area contributed by atoms with E-state index in [0.29, 0.717) is 30.6 Å². The molecule has 4 amide bonds. The van der Waals surface area contributed by atoms with Gasteiger partial charge in [-0.3, -0.25) is 24.1 Å². The highest BCUT2D eigenvalue weighted by molar-refractivity contribution is 6.21. The zero-order valence-electron chi connectivity index (χ0n) is 15.5. The van der Waals surface area contributed by atoms with Crippen LogP contribution in [0.2, 0.25) is 0 Å². The van der Waals surface area contributed by atoms with Gasteiger partial charge in [0.15, 0.2) is 0 Å². The number of benzene rings is 1. The van der Waals surface area contributed by atoms with Crippen LogP contribution in [0.4, 0.5) is 0 Å². The minimum atomic E-state index is -0.313. The number of fused-ring (bicyclic) bond motifs is 1. The van der Waals surface area contributed by atoms with E-state index in [4.69, 9.17) is 0 Å². The van der Waals surface area contributed by atoms with Crippen LogP contribution in [0.25, 0.3) is 0 Å². The first-order valence-electron chi connectivity index (χ1n) is 8.90. The average Bonchev–Trinajstić information content (AvgIpc) is 2.84. The smallest absolute Gasteiger partial charge is 0.261 e. The SMILES string of the molecule is CCNC(=O)CN(CC)C(=O)CCCN1C(=O)c2ccc(C)cc2C1=O. The van der Waals surface area contributed by atoms with Gasteiger partial charge in [-0.2, -0.15) is 0 Å². The quantitative estimate of drug-likeness (QED) is 0.710. The summed E-state index contributed by atoms with van der Waals surface area (Å²) in [6.07, 6.45) is 0.550. The number of rotatable bonds is 8. The van der Waals surface area contributed by atoms with Crippen LogP contribution in [-0.4, -0.2) is 59.6 Å². The van der Waals surface area contributed by atoms with Crippen molar-refractivity contribution in [2.24, 2.45) is 0 Å². The Morgan fingerprint density at radius 2 is 1.81 bits per heavy atom. The first-order chi connectivity index (χ1) is 12.4. The van der Waals surface area contributed by atoms with E-state index in [1.54, 1.807) is 18.2 Å². The lowest BCUT2D eigenvalue weighted by molar-refractivity contribution is -0.135. The highest BCUT2D eigenvalue weighted by Gasteiger charge is 2.35. The lowest BCUT2D eigenvalue weighted by atomic mass is 10.1. The molecule has 0 fully saturated rings. The zero-order chi connectivity index (χ0) is 19.3. The number of aryl methyl sites for hydroxylation is 1. The number of imide groups is 1. The van der Waals surface area contributed by atoms with Crippen molar-refractivity contribution in [2.75, 3.05) is 26.2 Å². The largest absolute Gasteiger partial charge is 0.355 e. The highest BCUT2D eigenvalue weighted by atomic mass is 16.2. The fourth-order valence-electron chi connectivity index (χ4n) is 2.96. The van der Waals surface area contributed by atoms with E-state index in [-0.39, 0.29) is 43.1 Å². The van der Waals surface area contributed by atoms with Gasteiger partial charge in [0.1, 0.15) is 0 Å². The number of carbonyl (C=O) groups is 4. The van der Waals surface area contributed by atoms with Crippen molar-refractivity contribution >= 4 is 23.6 Å². The summed E-state index contributed by atoms with van der Waals surface area (Å²) in [5.41, 5.74) is 1.76. The fraction of sp³-hybridized carbons (Fsp3) is 0.474. The Balaban J connectivity index is 1.89. The van der Waals surface area contributed by atoms with Crippen LogP contribution >= 0.6 is 0 Å². The molecular formula is C19H25N3O4. The molecule has 7 nitrogen and oxygen atoms in total. The molecule has 2 rings (SSSR count). The molecule has 1 heterocycles. The van der Waals surface area contributed by atoms with Gasteiger partial charge in [0.2, 0.25) is 11.8 Å². The molecule has 0 aromatic heterocycles. The Morgan fingerprint density at radius 1 is 1.12 bits per heavy atom. The predicted molar refractivity (Wildman–Crippen MR) is 96.7 cm³/mol. The maximum atomic E-state index is 12.4. The van der Waals surface area contributed by atoms with Gasteiger partial charge >= 0.3 is 0 Å². The van der Waals surface area contributed by atoms with E-state index in [1.165, 1.54) is 9.80 Å².